The van der Waals surface area contributed by atoms with Crippen LogP contribution in [-0.4, -0.2) is 93.7 Å². The minimum Gasteiger partial charge on any atom is -0.466 e. The van der Waals surface area contributed by atoms with E-state index in [0.29, 0.717) is 64.6 Å². The normalized spacial score (nSPS) is 11.3. The first-order chi connectivity index (χ1) is 27.6. The summed E-state index contributed by atoms with van der Waals surface area (Å²) in [5, 5.41) is 0. The summed E-state index contributed by atoms with van der Waals surface area (Å²) in [6, 6.07) is 0. The van der Waals surface area contributed by atoms with Crippen LogP contribution in [0.4, 0.5) is 0 Å². The minimum atomic E-state index is -2.03. The zero-order valence-corrected chi connectivity index (χ0v) is 36.6. The lowest BCUT2D eigenvalue weighted by atomic mass is 9.96. The summed E-state index contributed by atoms with van der Waals surface area (Å²) in [6.45, 7) is 5.71. The van der Waals surface area contributed by atoms with Crippen molar-refractivity contribution in [3.05, 3.63) is 0 Å². The Morgan fingerprint density at radius 2 is 0.737 bits per heavy atom. The molecule has 0 aliphatic carbocycles. The average Bonchev–Trinajstić information content (AvgIpc) is 3.18. The van der Waals surface area contributed by atoms with Gasteiger partial charge in [-0.3, -0.25) is 28.8 Å². The molecular formula is C45H81NO11. The van der Waals surface area contributed by atoms with Gasteiger partial charge in [0.05, 0.1) is 45.7 Å². The van der Waals surface area contributed by atoms with E-state index in [9.17, 15) is 28.8 Å². The maximum absolute atomic E-state index is 12.8. The SMILES string of the molecule is CCCCCCCCCCC(=O)OCCCCCCOC(=O)CC(C=O)(CC(=O)OCCCCCCOC(=O)CCCCCCCCCC)OC(=O)CCN(C)C. The highest BCUT2D eigenvalue weighted by molar-refractivity contribution is 5.86. The van der Waals surface area contributed by atoms with E-state index in [2.05, 4.69) is 13.8 Å². The number of unbranched alkanes of at least 4 members (excludes halogenated alkanes) is 20. The van der Waals surface area contributed by atoms with Crippen molar-refractivity contribution in [2.75, 3.05) is 47.1 Å². The van der Waals surface area contributed by atoms with Gasteiger partial charge >= 0.3 is 29.8 Å². The summed E-state index contributed by atoms with van der Waals surface area (Å²) in [6.07, 6.45) is 24.4. The van der Waals surface area contributed by atoms with Gasteiger partial charge in [0.25, 0.3) is 0 Å². The standard InChI is InChI=1S/C45H81NO11/c1-5-7-9-11-13-15-17-23-29-40(48)53-33-25-19-21-27-35-55-43(51)37-45(39-47,57-42(50)31-32-46(3)4)38-44(52)56-36-28-22-20-26-34-54-41(49)30-24-18-16-14-12-10-8-6-2/h39H,5-38H2,1-4H3. The fourth-order valence-corrected chi connectivity index (χ4v) is 6.24. The molecule has 0 aromatic rings. The molecule has 12 nitrogen and oxygen atoms in total. The van der Waals surface area contributed by atoms with Gasteiger partial charge in [-0.25, -0.2) is 0 Å². The van der Waals surface area contributed by atoms with E-state index in [1.807, 2.05) is 0 Å². The van der Waals surface area contributed by atoms with Crippen molar-refractivity contribution in [1.29, 1.82) is 0 Å². The first kappa shape index (κ1) is 54.0. The molecule has 0 atom stereocenters. The second-order valence-electron chi connectivity index (χ2n) is 15.7. The highest BCUT2D eigenvalue weighted by atomic mass is 16.6. The predicted molar refractivity (Wildman–Crippen MR) is 223 cm³/mol. The Kier molecular flexibility index (Phi) is 36.5. The lowest BCUT2D eigenvalue weighted by Crippen LogP contribution is -2.42. The molecule has 0 amide bonds. The minimum absolute atomic E-state index is 0.0320. The van der Waals surface area contributed by atoms with Crippen molar-refractivity contribution >= 4 is 36.1 Å². The Hall–Kier alpha value is -3.02. The lowest BCUT2D eigenvalue weighted by Gasteiger charge is -2.26. The van der Waals surface area contributed by atoms with E-state index in [4.69, 9.17) is 23.7 Å². The second-order valence-corrected chi connectivity index (χ2v) is 15.7. The van der Waals surface area contributed by atoms with E-state index in [0.717, 1.165) is 64.2 Å². The largest absolute Gasteiger partial charge is 0.466 e. The highest BCUT2D eigenvalue weighted by Gasteiger charge is 2.40. The Balaban J connectivity index is 4.38. The summed E-state index contributed by atoms with van der Waals surface area (Å²) >= 11 is 0. The first-order valence-electron chi connectivity index (χ1n) is 22.5. The molecule has 0 fully saturated rings. The van der Waals surface area contributed by atoms with Crippen LogP contribution in [0.1, 0.15) is 200 Å². The van der Waals surface area contributed by atoms with Gasteiger partial charge in [0.15, 0.2) is 11.9 Å². The quantitative estimate of drug-likeness (QED) is 0.0250. The molecule has 0 N–H and O–H groups in total. The van der Waals surface area contributed by atoms with Crippen LogP contribution in [0.3, 0.4) is 0 Å². The Bertz CT molecular complexity index is 986. The molecular weight excluding hydrogens is 730 g/mol. The van der Waals surface area contributed by atoms with Crippen LogP contribution in [0, 0.1) is 0 Å². The number of ether oxygens (including phenoxy) is 5. The van der Waals surface area contributed by atoms with E-state index < -0.39 is 36.4 Å². The zero-order chi connectivity index (χ0) is 42.2. The van der Waals surface area contributed by atoms with Crippen LogP contribution in [0.2, 0.25) is 0 Å². The third-order valence-electron chi connectivity index (χ3n) is 9.78. The molecule has 0 aliphatic rings. The van der Waals surface area contributed by atoms with Crippen molar-refractivity contribution in [2.45, 2.75) is 206 Å². The van der Waals surface area contributed by atoms with E-state index in [-0.39, 0.29) is 31.6 Å². The summed E-state index contributed by atoms with van der Waals surface area (Å²) in [5.41, 5.74) is -2.03. The number of aldehydes is 1. The van der Waals surface area contributed by atoms with Gasteiger partial charge in [0.1, 0.15) is 0 Å². The Morgan fingerprint density at radius 3 is 1.07 bits per heavy atom. The number of esters is 5. The predicted octanol–water partition coefficient (Wildman–Crippen LogP) is 9.55. The highest BCUT2D eigenvalue weighted by Crippen LogP contribution is 2.22. The molecule has 0 saturated carbocycles. The number of rotatable bonds is 41. The third kappa shape index (κ3) is 35.8. The van der Waals surface area contributed by atoms with Crippen LogP contribution in [0.15, 0.2) is 0 Å². The number of carbonyl (C=O) groups is 6. The smallest absolute Gasteiger partial charge is 0.310 e. The summed E-state index contributed by atoms with van der Waals surface area (Å²) in [4.78, 5) is 76.2. The number of carbonyl (C=O) groups excluding carboxylic acids is 6. The van der Waals surface area contributed by atoms with E-state index in [1.165, 1.54) is 64.2 Å². The number of hydrogen-bond acceptors (Lipinski definition) is 12. The fourth-order valence-electron chi connectivity index (χ4n) is 6.24. The van der Waals surface area contributed by atoms with Gasteiger partial charge in [-0.1, -0.05) is 104 Å². The molecule has 0 radical (unpaired) electrons. The molecule has 0 bridgehead atoms. The molecule has 0 unspecified atom stereocenters. The van der Waals surface area contributed by atoms with Gasteiger partial charge in [-0.15, -0.1) is 0 Å². The van der Waals surface area contributed by atoms with Crippen LogP contribution in [-0.2, 0) is 52.5 Å². The molecule has 0 spiro atoms. The third-order valence-corrected chi connectivity index (χ3v) is 9.78. The van der Waals surface area contributed by atoms with Crippen molar-refractivity contribution in [3.63, 3.8) is 0 Å². The van der Waals surface area contributed by atoms with Crippen LogP contribution >= 0.6 is 0 Å². The molecule has 57 heavy (non-hydrogen) atoms. The summed E-state index contributed by atoms with van der Waals surface area (Å²) in [5.74, 6) is -2.55. The molecule has 0 heterocycles. The van der Waals surface area contributed by atoms with Gasteiger partial charge in [-0.05, 0) is 78.3 Å². The molecule has 0 saturated heterocycles. The second kappa shape index (κ2) is 38.5. The lowest BCUT2D eigenvalue weighted by molar-refractivity contribution is -0.174. The average molecular weight is 812 g/mol. The van der Waals surface area contributed by atoms with Gasteiger partial charge in [0.2, 0.25) is 0 Å². The van der Waals surface area contributed by atoms with Crippen LogP contribution < -0.4 is 0 Å². The van der Waals surface area contributed by atoms with E-state index >= 15 is 0 Å². The van der Waals surface area contributed by atoms with Crippen LogP contribution in [0.25, 0.3) is 0 Å². The van der Waals surface area contributed by atoms with Gasteiger partial charge < -0.3 is 28.6 Å². The van der Waals surface area contributed by atoms with E-state index in [1.54, 1.807) is 19.0 Å². The molecule has 0 aliphatic heterocycles. The van der Waals surface area contributed by atoms with Crippen molar-refractivity contribution in [1.82, 2.24) is 4.90 Å². The monoisotopic (exact) mass is 812 g/mol. The fraction of sp³-hybridized carbons (Fsp3) is 0.867. The Labute approximate surface area is 345 Å². The summed E-state index contributed by atoms with van der Waals surface area (Å²) < 4.78 is 26.8. The first-order valence-corrected chi connectivity index (χ1v) is 22.5. The zero-order valence-electron chi connectivity index (χ0n) is 36.6. The molecule has 12 heteroatoms. The Morgan fingerprint density at radius 1 is 0.421 bits per heavy atom. The molecule has 0 aromatic carbocycles. The van der Waals surface area contributed by atoms with Gasteiger partial charge in [0, 0.05) is 19.4 Å². The molecule has 0 aromatic heterocycles. The number of hydrogen-bond donors (Lipinski definition) is 0. The molecule has 0 rings (SSSR count). The molecule has 332 valence electrons. The van der Waals surface area contributed by atoms with Crippen LogP contribution in [0.5, 0.6) is 0 Å². The topological polar surface area (TPSA) is 152 Å². The van der Waals surface area contributed by atoms with Crippen molar-refractivity contribution < 1.29 is 52.5 Å². The number of nitrogens with zero attached hydrogens (tertiary/aromatic N) is 1. The summed E-state index contributed by atoms with van der Waals surface area (Å²) in [7, 11) is 3.57. The van der Waals surface area contributed by atoms with Gasteiger partial charge in [-0.2, -0.15) is 0 Å². The maximum Gasteiger partial charge on any atom is 0.310 e. The van der Waals surface area contributed by atoms with Crippen molar-refractivity contribution in [3.8, 4) is 0 Å². The maximum atomic E-state index is 12.8. The van der Waals surface area contributed by atoms with Crippen molar-refractivity contribution in [2.24, 2.45) is 0 Å².